The number of hydrogen-bond acceptors (Lipinski definition) is 10. The Labute approximate surface area is 213 Å². The van der Waals surface area contributed by atoms with Gasteiger partial charge in [-0.15, -0.1) is 0 Å². The topological polar surface area (TPSA) is 184 Å². The first-order valence-corrected chi connectivity index (χ1v) is 10.8. The number of furan rings is 1. The van der Waals surface area contributed by atoms with Crippen LogP contribution in [0.4, 0.5) is 16.2 Å². The number of carbonyl (C=O) groups is 3. The number of esters is 1. The Hall–Kier alpha value is -5.53. The number of rotatable bonds is 9. The molecule has 14 heteroatoms. The van der Waals surface area contributed by atoms with Gasteiger partial charge in [0.15, 0.2) is 0 Å². The maximum Gasteiger partial charge on any atom is 0.373 e. The Kier molecular flexibility index (Phi) is 7.14. The summed E-state index contributed by atoms with van der Waals surface area (Å²) in [4.78, 5) is 58.8. The van der Waals surface area contributed by atoms with Gasteiger partial charge in [-0.2, -0.15) is 0 Å². The third kappa shape index (κ3) is 5.48. The summed E-state index contributed by atoms with van der Waals surface area (Å²) in [6, 6.07) is 11.3. The maximum atomic E-state index is 12.9. The summed E-state index contributed by atoms with van der Waals surface area (Å²) < 4.78 is 15.6. The summed E-state index contributed by atoms with van der Waals surface area (Å²) in [6.45, 7) is -0.309. The van der Waals surface area contributed by atoms with Gasteiger partial charge in [-0.25, -0.2) is 9.59 Å². The minimum Gasteiger partial charge on any atom is -0.488 e. The molecule has 0 aliphatic carbocycles. The van der Waals surface area contributed by atoms with Crippen molar-refractivity contribution in [1.82, 2.24) is 10.2 Å². The highest BCUT2D eigenvalue weighted by Crippen LogP contribution is 2.29. The molecule has 0 spiro atoms. The lowest BCUT2D eigenvalue weighted by atomic mass is 10.1. The number of hydrogen-bond donors (Lipinski definition) is 1. The molecular formula is C24H18N4O10. The van der Waals surface area contributed by atoms with E-state index >= 15 is 0 Å². The molecule has 2 aromatic carbocycles. The van der Waals surface area contributed by atoms with Crippen LogP contribution in [0.5, 0.6) is 5.75 Å². The fourth-order valence-corrected chi connectivity index (χ4v) is 3.47. The van der Waals surface area contributed by atoms with Crippen LogP contribution < -0.4 is 10.1 Å². The Morgan fingerprint density at radius 2 is 1.71 bits per heavy atom. The lowest BCUT2D eigenvalue weighted by molar-refractivity contribution is -0.385. The molecule has 0 unspecified atom stereocenters. The molecule has 0 atom stereocenters. The maximum absolute atomic E-state index is 12.9. The molecule has 0 radical (unpaired) electrons. The van der Waals surface area contributed by atoms with Gasteiger partial charge in [-0.1, -0.05) is 0 Å². The molecule has 4 rings (SSSR count). The lowest BCUT2D eigenvalue weighted by Crippen LogP contribution is -2.30. The molecule has 1 aliphatic rings. The average Bonchev–Trinajstić information content (AvgIpc) is 3.48. The van der Waals surface area contributed by atoms with Gasteiger partial charge >= 0.3 is 12.0 Å². The Morgan fingerprint density at radius 1 is 1.03 bits per heavy atom. The van der Waals surface area contributed by atoms with E-state index in [1.807, 2.05) is 0 Å². The summed E-state index contributed by atoms with van der Waals surface area (Å²) in [5.74, 6) is -1.25. The number of amides is 3. The molecular weight excluding hydrogens is 504 g/mol. The highest BCUT2D eigenvalue weighted by Gasteiger charge is 2.34. The van der Waals surface area contributed by atoms with E-state index < -0.39 is 27.8 Å². The fraction of sp³-hybridized carbons (Fsp3) is 0.125. The van der Waals surface area contributed by atoms with Crippen LogP contribution in [-0.2, 0) is 22.7 Å². The summed E-state index contributed by atoms with van der Waals surface area (Å²) >= 11 is 0. The van der Waals surface area contributed by atoms with E-state index in [0.717, 1.165) is 4.90 Å². The number of imide groups is 1. The highest BCUT2D eigenvalue weighted by atomic mass is 16.6. The first kappa shape index (κ1) is 25.6. The molecule has 1 saturated heterocycles. The first-order chi connectivity index (χ1) is 18.2. The van der Waals surface area contributed by atoms with E-state index in [-0.39, 0.29) is 53.1 Å². The molecule has 1 fully saturated rings. The number of nitro groups is 2. The molecule has 1 aromatic heterocycles. The molecule has 3 amide bonds. The summed E-state index contributed by atoms with van der Waals surface area (Å²) in [5, 5.41) is 24.5. The minimum absolute atomic E-state index is 0.0283. The van der Waals surface area contributed by atoms with Crippen molar-refractivity contribution >= 4 is 35.4 Å². The molecule has 38 heavy (non-hydrogen) atoms. The Balaban J connectivity index is 1.56. The van der Waals surface area contributed by atoms with Gasteiger partial charge in [0, 0.05) is 29.8 Å². The number of nitrogens with zero attached hydrogens (tertiary/aromatic N) is 3. The van der Waals surface area contributed by atoms with Gasteiger partial charge in [-0.3, -0.25) is 29.9 Å². The predicted octanol–water partition coefficient (Wildman–Crippen LogP) is 3.55. The number of methoxy groups -OCH3 is 1. The van der Waals surface area contributed by atoms with Crippen LogP contribution in [0.25, 0.3) is 6.08 Å². The van der Waals surface area contributed by atoms with Crippen molar-refractivity contribution in [2.75, 3.05) is 7.11 Å². The van der Waals surface area contributed by atoms with Crippen molar-refractivity contribution in [3.8, 4) is 5.75 Å². The number of non-ortho nitro benzene ring substituents is 2. The fourth-order valence-electron chi connectivity index (χ4n) is 3.47. The Bertz CT molecular complexity index is 1480. The van der Waals surface area contributed by atoms with Crippen molar-refractivity contribution in [2.45, 2.75) is 13.2 Å². The SMILES string of the molecule is COC(=O)c1ccc(CN2C(=O)N/C(=C\c3cc([N+](=O)[O-])ccc3OCc3ccc([N+](=O)[O-])cc3)C2=O)o1. The van der Waals surface area contributed by atoms with Crippen LogP contribution >= 0.6 is 0 Å². The number of carbonyl (C=O) groups excluding carboxylic acids is 3. The van der Waals surface area contributed by atoms with E-state index in [2.05, 4.69) is 10.1 Å². The number of nitro benzene ring substituents is 2. The molecule has 0 saturated carbocycles. The minimum atomic E-state index is -0.768. The van der Waals surface area contributed by atoms with Crippen LogP contribution in [0.2, 0.25) is 0 Å². The first-order valence-electron chi connectivity index (χ1n) is 10.8. The second-order valence-corrected chi connectivity index (χ2v) is 7.83. The van der Waals surface area contributed by atoms with Crippen LogP contribution in [0.1, 0.15) is 27.4 Å². The van der Waals surface area contributed by atoms with Crippen molar-refractivity contribution < 1.29 is 38.1 Å². The largest absolute Gasteiger partial charge is 0.488 e. The van der Waals surface area contributed by atoms with Crippen LogP contribution in [-0.4, -0.2) is 39.8 Å². The van der Waals surface area contributed by atoms with Gasteiger partial charge in [0.2, 0.25) is 5.76 Å². The number of urea groups is 1. The highest BCUT2D eigenvalue weighted by molar-refractivity contribution is 6.14. The van der Waals surface area contributed by atoms with Crippen LogP contribution in [0, 0.1) is 20.2 Å². The summed E-state index contributed by atoms with van der Waals surface area (Å²) in [7, 11) is 1.18. The normalized spacial score (nSPS) is 13.9. The van der Waals surface area contributed by atoms with Gasteiger partial charge in [0.1, 0.15) is 23.8 Å². The average molecular weight is 522 g/mol. The van der Waals surface area contributed by atoms with E-state index in [9.17, 15) is 34.6 Å². The van der Waals surface area contributed by atoms with Gasteiger partial charge < -0.3 is 19.2 Å². The molecule has 2 heterocycles. The zero-order chi connectivity index (χ0) is 27.4. The van der Waals surface area contributed by atoms with Crippen molar-refractivity contribution in [2.24, 2.45) is 0 Å². The van der Waals surface area contributed by atoms with Crippen LogP contribution in [0.15, 0.2) is 64.7 Å². The van der Waals surface area contributed by atoms with E-state index in [0.29, 0.717) is 5.56 Å². The third-order valence-electron chi connectivity index (χ3n) is 5.37. The van der Waals surface area contributed by atoms with Crippen molar-refractivity contribution in [3.63, 3.8) is 0 Å². The zero-order valence-electron chi connectivity index (χ0n) is 19.6. The summed E-state index contributed by atoms with van der Waals surface area (Å²) in [5.41, 5.74) is 0.187. The number of ether oxygens (including phenoxy) is 2. The molecule has 1 N–H and O–H groups in total. The molecule has 1 aliphatic heterocycles. The lowest BCUT2D eigenvalue weighted by Gasteiger charge is -2.10. The monoisotopic (exact) mass is 522 g/mol. The predicted molar refractivity (Wildman–Crippen MR) is 128 cm³/mol. The molecule has 194 valence electrons. The standard InChI is InChI=1S/C24H18N4O10/c1-36-23(30)21-9-7-18(38-21)12-26-22(29)19(25-24(26)31)11-15-10-17(28(34)35)6-8-20(15)37-13-14-2-4-16(5-3-14)27(32)33/h2-11H,12-13H2,1H3,(H,25,31)/b19-11-. The second-order valence-electron chi connectivity index (χ2n) is 7.83. The Morgan fingerprint density at radius 3 is 2.37 bits per heavy atom. The van der Waals surface area contributed by atoms with Crippen molar-refractivity contribution in [3.05, 3.63) is 103 Å². The van der Waals surface area contributed by atoms with Crippen molar-refractivity contribution in [1.29, 1.82) is 0 Å². The smallest absolute Gasteiger partial charge is 0.373 e. The van der Waals surface area contributed by atoms with E-state index in [4.69, 9.17) is 9.15 Å². The van der Waals surface area contributed by atoms with Gasteiger partial charge in [0.25, 0.3) is 17.3 Å². The van der Waals surface area contributed by atoms with Crippen LogP contribution in [0.3, 0.4) is 0 Å². The van der Waals surface area contributed by atoms with Gasteiger partial charge in [-0.05, 0) is 42.0 Å². The van der Waals surface area contributed by atoms with E-state index in [1.165, 1.54) is 67.8 Å². The molecule has 3 aromatic rings. The van der Waals surface area contributed by atoms with Gasteiger partial charge in [0.05, 0.1) is 23.5 Å². The molecule has 0 bridgehead atoms. The third-order valence-corrected chi connectivity index (χ3v) is 5.37. The zero-order valence-corrected chi connectivity index (χ0v) is 19.6. The number of benzene rings is 2. The quantitative estimate of drug-likeness (QED) is 0.143. The van der Waals surface area contributed by atoms with E-state index in [1.54, 1.807) is 0 Å². The summed E-state index contributed by atoms with van der Waals surface area (Å²) in [6.07, 6.45) is 1.24. The second kappa shape index (κ2) is 10.6. The number of nitrogens with one attached hydrogen (secondary N) is 1. The molecule has 14 nitrogen and oxygen atoms in total.